The zero-order valence-electron chi connectivity index (χ0n) is 12.8. The van der Waals surface area contributed by atoms with Crippen molar-refractivity contribution in [2.75, 3.05) is 0 Å². The quantitative estimate of drug-likeness (QED) is 0.809. The van der Waals surface area contributed by atoms with Crippen molar-refractivity contribution in [3.05, 3.63) is 16.4 Å². The molecular weight excluding hydrogens is 356 g/mol. The van der Waals surface area contributed by atoms with Crippen molar-refractivity contribution in [3.63, 3.8) is 0 Å². The summed E-state index contributed by atoms with van der Waals surface area (Å²) in [5.41, 5.74) is -2.91. The van der Waals surface area contributed by atoms with Crippen LogP contribution >= 0.6 is 11.6 Å². The van der Waals surface area contributed by atoms with E-state index in [1.165, 1.54) is 4.68 Å². The Hall–Kier alpha value is -1.68. The zero-order valence-corrected chi connectivity index (χ0v) is 13.6. The van der Waals surface area contributed by atoms with E-state index in [4.69, 9.17) is 11.6 Å². The van der Waals surface area contributed by atoms with Crippen LogP contribution in [0.2, 0.25) is 5.02 Å². The molecule has 1 unspecified atom stereocenters. The number of alkyl halides is 4. The van der Waals surface area contributed by atoms with Gasteiger partial charge in [-0.3, -0.25) is 9.48 Å². The number of amides is 1. The Kier molecular flexibility index (Phi) is 5.19. The maximum Gasteiger partial charge on any atom is 0.287 e. The fourth-order valence-corrected chi connectivity index (χ4v) is 2.49. The molecule has 1 aromatic heterocycles. The summed E-state index contributed by atoms with van der Waals surface area (Å²) < 4.78 is 52.9. The molecule has 6 nitrogen and oxygen atoms in total. The van der Waals surface area contributed by atoms with Crippen LogP contribution in [0.25, 0.3) is 0 Å². The van der Waals surface area contributed by atoms with E-state index in [2.05, 4.69) is 10.2 Å². The number of hydrazone groups is 1. The Morgan fingerprint density at radius 1 is 1.38 bits per heavy atom. The molecule has 0 saturated heterocycles. The molecule has 1 N–H and O–H groups in total. The highest BCUT2D eigenvalue weighted by Crippen LogP contribution is 2.33. The molecule has 0 radical (unpaired) electrons. The fraction of sp³-hybridized carbons (Fsp3) is 0.615. The molecule has 0 saturated carbocycles. The van der Waals surface area contributed by atoms with E-state index in [0.29, 0.717) is 16.4 Å². The molecule has 1 aliphatic rings. The Labute approximate surface area is 139 Å². The molecule has 24 heavy (non-hydrogen) atoms. The number of aryl methyl sites for hydroxylation is 2. The molecule has 1 amide bonds. The first-order valence-electron chi connectivity index (χ1n) is 6.96. The number of nitrogens with zero attached hydrogens (tertiary/aromatic N) is 4. The molecule has 2 rings (SSSR count). The molecular formula is C13H15ClF4N4O2. The predicted octanol–water partition coefficient (Wildman–Crippen LogP) is 2.35. The molecule has 134 valence electrons. The van der Waals surface area contributed by atoms with E-state index in [-0.39, 0.29) is 18.0 Å². The van der Waals surface area contributed by atoms with Gasteiger partial charge in [0.15, 0.2) is 0 Å². The van der Waals surface area contributed by atoms with Gasteiger partial charge in [-0.25, -0.2) is 17.6 Å². The lowest BCUT2D eigenvalue weighted by atomic mass is 10.1. The smallest absolute Gasteiger partial charge is 0.287 e. The molecule has 11 heteroatoms. The lowest BCUT2D eigenvalue weighted by Gasteiger charge is -2.30. The van der Waals surface area contributed by atoms with Gasteiger partial charge in [0.2, 0.25) is 11.6 Å². The second-order valence-electron chi connectivity index (χ2n) is 5.41. The predicted molar refractivity (Wildman–Crippen MR) is 77.2 cm³/mol. The largest absolute Gasteiger partial charge is 0.364 e. The lowest BCUT2D eigenvalue weighted by Crippen LogP contribution is -2.51. The van der Waals surface area contributed by atoms with Gasteiger partial charge >= 0.3 is 0 Å². The van der Waals surface area contributed by atoms with Crippen LogP contribution in [0.15, 0.2) is 5.10 Å². The highest BCUT2D eigenvalue weighted by Gasteiger charge is 2.53. The summed E-state index contributed by atoms with van der Waals surface area (Å²) >= 11 is 5.96. The molecule has 0 aromatic carbocycles. The van der Waals surface area contributed by atoms with Crippen LogP contribution in [0.4, 0.5) is 17.6 Å². The van der Waals surface area contributed by atoms with Crippen LogP contribution in [-0.2, 0) is 11.3 Å². The second kappa shape index (κ2) is 6.67. The summed E-state index contributed by atoms with van der Waals surface area (Å²) in [6, 6.07) is 0. The number of rotatable bonds is 5. The monoisotopic (exact) mass is 370 g/mol. The highest BCUT2D eigenvalue weighted by molar-refractivity contribution is 6.31. The Balaban J connectivity index is 2.15. The number of halogens is 5. The van der Waals surface area contributed by atoms with Gasteiger partial charge in [0.05, 0.1) is 23.0 Å². The first-order valence-corrected chi connectivity index (χ1v) is 7.34. The second-order valence-corrected chi connectivity index (χ2v) is 5.79. The average Bonchev–Trinajstić information content (AvgIpc) is 2.99. The van der Waals surface area contributed by atoms with Crippen LogP contribution in [0, 0.1) is 13.8 Å². The number of hydrogen-bond donors (Lipinski definition) is 1. The number of aromatic nitrogens is 2. The minimum Gasteiger partial charge on any atom is -0.364 e. The van der Waals surface area contributed by atoms with Crippen LogP contribution in [-0.4, -0.2) is 50.1 Å². The van der Waals surface area contributed by atoms with Gasteiger partial charge in [-0.1, -0.05) is 11.6 Å². The summed E-state index contributed by atoms with van der Waals surface area (Å²) in [6.45, 7) is 3.29. The number of carbonyl (C=O) groups excluding carboxylic acids is 1. The van der Waals surface area contributed by atoms with Crippen molar-refractivity contribution >= 4 is 23.2 Å². The van der Waals surface area contributed by atoms with Crippen molar-refractivity contribution in [3.8, 4) is 0 Å². The van der Waals surface area contributed by atoms with Gasteiger partial charge in [0.1, 0.15) is 5.71 Å². The van der Waals surface area contributed by atoms with Gasteiger partial charge in [-0.05, 0) is 13.8 Å². The Bertz CT molecular complexity index is 679. The molecule has 2 heterocycles. The van der Waals surface area contributed by atoms with Gasteiger partial charge in [0.25, 0.3) is 12.9 Å². The summed E-state index contributed by atoms with van der Waals surface area (Å²) in [5.74, 6) is -1.02. The summed E-state index contributed by atoms with van der Waals surface area (Å²) in [6.07, 6.45) is -8.04. The van der Waals surface area contributed by atoms with E-state index < -0.39 is 36.6 Å². The Morgan fingerprint density at radius 3 is 2.46 bits per heavy atom. The van der Waals surface area contributed by atoms with Crippen molar-refractivity contribution in [2.24, 2.45) is 5.10 Å². The lowest BCUT2D eigenvalue weighted by molar-refractivity contribution is -0.192. The maximum atomic E-state index is 13.1. The minimum absolute atomic E-state index is 0.0203. The number of hydrogen-bond acceptors (Lipinski definition) is 4. The van der Waals surface area contributed by atoms with Crippen LogP contribution in [0.1, 0.15) is 24.2 Å². The third-order valence-electron chi connectivity index (χ3n) is 3.70. The molecule has 0 spiro atoms. The van der Waals surface area contributed by atoms with Crippen molar-refractivity contribution in [2.45, 2.75) is 51.8 Å². The molecule has 1 aliphatic heterocycles. The molecule has 1 atom stereocenters. The molecule has 0 bridgehead atoms. The van der Waals surface area contributed by atoms with E-state index in [0.717, 1.165) is 0 Å². The van der Waals surface area contributed by atoms with Gasteiger partial charge in [-0.2, -0.15) is 15.2 Å². The van der Waals surface area contributed by atoms with E-state index in [9.17, 15) is 27.5 Å². The SMILES string of the molecule is Cc1nn(CCC(=O)N2N=C(C(F)F)CC2(O)C(F)F)c(C)c1Cl. The first-order chi connectivity index (χ1) is 11.1. The number of carbonyl (C=O) groups is 1. The van der Waals surface area contributed by atoms with Crippen molar-refractivity contribution in [1.82, 2.24) is 14.8 Å². The summed E-state index contributed by atoms with van der Waals surface area (Å²) in [4.78, 5) is 12.1. The zero-order chi connectivity index (χ0) is 18.2. The average molecular weight is 371 g/mol. The van der Waals surface area contributed by atoms with Gasteiger partial charge in [-0.15, -0.1) is 0 Å². The highest BCUT2D eigenvalue weighted by atomic mass is 35.5. The van der Waals surface area contributed by atoms with Crippen molar-refractivity contribution in [1.29, 1.82) is 0 Å². The maximum absolute atomic E-state index is 13.1. The van der Waals surface area contributed by atoms with Crippen LogP contribution < -0.4 is 0 Å². The van der Waals surface area contributed by atoms with Gasteiger partial charge < -0.3 is 5.11 Å². The van der Waals surface area contributed by atoms with Crippen molar-refractivity contribution < 1.29 is 27.5 Å². The number of aliphatic hydroxyl groups is 1. The molecule has 0 fully saturated rings. The summed E-state index contributed by atoms with van der Waals surface area (Å²) in [5, 5.41) is 17.6. The third-order valence-corrected chi connectivity index (χ3v) is 4.25. The van der Waals surface area contributed by atoms with Crippen LogP contribution in [0.3, 0.4) is 0 Å². The summed E-state index contributed by atoms with van der Waals surface area (Å²) in [7, 11) is 0. The first kappa shape index (κ1) is 18.7. The van der Waals surface area contributed by atoms with Gasteiger partial charge in [0, 0.05) is 12.8 Å². The Morgan fingerprint density at radius 2 is 2.00 bits per heavy atom. The third kappa shape index (κ3) is 3.25. The minimum atomic E-state index is -3.44. The molecule has 1 aromatic rings. The van der Waals surface area contributed by atoms with E-state index in [1.54, 1.807) is 13.8 Å². The topological polar surface area (TPSA) is 70.7 Å². The standard InChI is InChI=1S/C13H15ClF4N4O2/c1-6-10(14)7(2)21(19-6)4-3-9(23)22-13(24,12(17)18)5-8(20-22)11(15)16/h11-12,24H,3-5H2,1-2H3. The normalized spacial score (nSPS) is 21.1. The van der Waals surface area contributed by atoms with E-state index >= 15 is 0 Å². The fourth-order valence-electron chi connectivity index (χ4n) is 2.35. The van der Waals surface area contributed by atoms with E-state index in [1.807, 2.05) is 0 Å². The van der Waals surface area contributed by atoms with Crippen LogP contribution in [0.5, 0.6) is 0 Å². The molecule has 0 aliphatic carbocycles.